The molecule has 0 aromatic heterocycles. The van der Waals surface area contributed by atoms with E-state index in [1.807, 2.05) is 41.5 Å². The van der Waals surface area contributed by atoms with Crippen molar-refractivity contribution in [2.45, 2.75) is 96.4 Å². The average Bonchev–Trinajstić information content (AvgIpc) is 2.72. The molecule has 0 atom stereocenters. The summed E-state index contributed by atoms with van der Waals surface area (Å²) in [6.45, 7) is 16.7. The van der Waals surface area contributed by atoms with Gasteiger partial charge < -0.3 is 14.6 Å². The topological polar surface area (TPSA) is 93.7 Å². The molecule has 0 aliphatic carbocycles. The molecule has 1 aliphatic rings. The number of carbonyl (C=O) groups is 1. The van der Waals surface area contributed by atoms with Crippen LogP contribution in [-0.2, 0) is 30.5 Å². The molecule has 7 nitrogen and oxygen atoms in total. The average molecular weight is 438 g/mol. The molecule has 1 aliphatic heterocycles. The standard InChI is InChI=1S/C21H35BN2O5S/c1-14(2)23-18(25)13-15-10-11-16(22-28-20(6,7)21(8,9)29-22)17(12-15)30(26,27)24-19(3,4)5/h10-12,14,24H,13H2,1-9H3,(H,23,25). The van der Waals surface area contributed by atoms with Crippen LogP contribution in [0.3, 0.4) is 0 Å². The normalized spacial score (nSPS) is 18.7. The van der Waals surface area contributed by atoms with Gasteiger partial charge >= 0.3 is 7.12 Å². The third-order valence-electron chi connectivity index (χ3n) is 5.13. The molecule has 30 heavy (non-hydrogen) atoms. The maximum Gasteiger partial charge on any atom is 0.496 e. The van der Waals surface area contributed by atoms with E-state index in [4.69, 9.17) is 9.31 Å². The van der Waals surface area contributed by atoms with Crippen molar-refractivity contribution in [3.05, 3.63) is 23.8 Å². The molecule has 0 spiro atoms. The number of amides is 1. The van der Waals surface area contributed by atoms with Crippen molar-refractivity contribution in [1.29, 1.82) is 0 Å². The van der Waals surface area contributed by atoms with Gasteiger partial charge in [-0.3, -0.25) is 4.79 Å². The minimum absolute atomic E-state index is 0.00675. The number of benzene rings is 1. The van der Waals surface area contributed by atoms with E-state index in [-0.39, 0.29) is 23.3 Å². The van der Waals surface area contributed by atoms with Crippen molar-refractivity contribution in [3.63, 3.8) is 0 Å². The first-order chi connectivity index (χ1) is 13.4. The number of carbonyl (C=O) groups excluding carboxylic acids is 1. The predicted molar refractivity (Wildman–Crippen MR) is 119 cm³/mol. The Morgan fingerprint density at radius 1 is 1.10 bits per heavy atom. The lowest BCUT2D eigenvalue weighted by molar-refractivity contribution is -0.120. The predicted octanol–water partition coefficient (Wildman–Crippen LogP) is 2.13. The van der Waals surface area contributed by atoms with E-state index in [9.17, 15) is 13.2 Å². The van der Waals surface area contributed by atoms with Crippen LogP contribution < -0.4 is 15.5 Å². The molecule has 1 aromatic carbocycles. The Labute approximate surface area is 181 Å². The first-order valence-corrected chi connectivity index (χ1v) is 11.7. The monoisotopic (exact) mass is 438 g/mol. The van der Waals surface area contributed by atoms with Crippen LogP contribution in [0.2, 0.25) is 0 Å². The minimum Gasteiger partial charge on any atom is -0.399 e. The van der Waals surface area contributed by atoms with Gasteiger partial charge in [0.05, 0.1) is 22.5 Å². The van der Waals surface area contributed by atoms with Crippen molar-refractivity contribution in [2.75, 3.05) is 0 Å². The molecule has 1 amide bonds. The highest BCUT2D eigenvalue weighted by Crippen LogP contribution is 2.37. The summed E-state index contributed by atoms with van der Waals surface area (Å²) in [6.07, 6.45) is 0.0832. The van der Waals surface area contributed by atoms with Gasteiger partial charge in [0.25, 0.3) is 0 Å². The summed E-state index contributed by atoms with van der Waals surface area (Å²) in [5.41, 5.74) is -0.865. The Hall–Kier alpha value is -1.42. The van der Waals surface area contributed by atoms with Crippen LogP contribution in [0.25, 0.3) is 0 Å². The Balaban J connectivity index is 2.51. The second-order valence-electron chi connectivity index (χ2n) is 10.2. The Morgan fingerprint density at radius 2 is 1.63 bits per heavy atom. The first-order valence-electron chi connectivity index (χ1n) is 10.3. The Bertz CT molecular complexity index is 888. The van der Waals surface area contributed by atoms with Gasteiger partial charge in [0.2, 0.25) is 15.9 Å². The zero-order chi connectivity index (χ0) is 23.1. The molecule has 0 bridgehead atoms. The summed E-state index contributed by atoms with van der Waals surface area (Å²) in [5, 5.41) is 2.83. The van der Waals surface area contributed by atoms with E-state index in [0.717, 1.165) is 0 Å². The third-order valence-corrected chi connectivity index (χ3v) is 6.94. The lowest BCUT2D eigenvalue weighted by Crippen LogP contribution is -2.45. The van der Waals surface area contributed by atoms with E-state index >= 15 is 0 Å². The van der Waals surface area contributed by atoms with E-state index in [2.05, 4.69) is 10.0 Å². The van der Waals surface area contributed by atoms with E-state index < -0.39 is 33.9 Å². The van der Waals surface area contributed by atoms with Gasteiger partial charge in [-0.25, -0.2) is 13.1 Å². The first kappa shape index (κ1) is 24.9. The number of rotatable bonds is 6. The van der Waals surface area contributed by atoms with E-state index in [0.29, 0.717) is 11.0 Å². The second-order valence-corrected chi connectivity index (χ2v) is 11.9. The van der Waals surface area contributed by atoms with Crippen LogP contribution in [0.5, 0.6) is 0 Å². The third kappa shape index (κ3) is 5.84. The zero-order valence-corrected chi connectivity index (χ0v) is 20.4. The van der Waals surface area contributed by atoms with Crippen LogP contribution in [0.15, 0.2) is 23.1 Å². The van der Waals surface area contributed by atoms with Crippen LogP contribution >= 0.6 is 0 Å². The Kier molecular flexibility index (Phi) is 6.84. The van der Waals surface area contributed by atoms with E-state index in [1.54, 1.807) is 32.9 Å². The molecular formula is C21H35BN2O5S. The van der Waals surface area contributed by atoms with Gasteiger partial charge in [-0.05, 0) is 73.9 Å². The molecule has 1 fully saturated rings. The lowest BCUT2D eigenvalue weighted by Gasteiger charge is -2.32. The summed E-state index contributed by atoms with van der Waals surface area (Å²) >= 11 is 0. The van der Waals surface area contributed by atoms with Crippen molar-refractivity contribution < 1.29 is 22.5 Å². The quantitative estimate of drug-likeness (QED) is 0.664. The summed E-state index contributed by atoms with van der Waals surface area (Å²) in [7, 11) is -4.72. The molecule has 0 radical (unpaired) electrons. The van der Waals surface area contributed by atoms with Crippen molar-refractivity contribution in [3.8, 4) is 0 Å². The zero-order valence-electron chi connectivity index (χ0n) is 19.5. The van der Waals surface area contributed by atoms with Crippen LogP contribution in [0.1, 0.15) is 67.9 Å². The summed E-state index contributed by atoms with van der Waals surface area (Å²) in [5.74, 6) is -0.166. The molecule has 1 saturated heterocycles. The van der Waals surface area contributed by atoms with E-state index in [1.165, 1.54) is 6.07 Å². The molecule has 0 unspecified atom stereocenters. The summed E-state index contributed by atoms with van der Waals surface area (Å²) < 4.78 is 41.4. The van der Waals surface area contributed by atoms with Crippen LogP contribution in [-0.4, -0.2) is 44.2 Å². The smallest absolute Gasteiger partial charge is 0.399 e. The maximum absolute atomic E-state index is 13.2. The van der Waals surface area contributed by atoms with Gasteiger partial charge in [0.15, 0.2) is 0 Å². The summed E-state index contributed by atoms with van der Waals surface area (Å²) in [6, 6.07) is 4.97. The van der Waals surface area contributed by atoms with Crippen molar-refractivity contribution in [2.24, 2.45) is 0 Å². The Morgan fingerprint density at radius 3 is 2.10 bits per heavy atom. The number of sulfonamides is 1. The fourth-order valence-electron chi connectivity index (χ4n) is 3.10. The van der Waals surface area contributed by atoms with Gasteiger partial charge in [-0.2, -0.15) is 0 Å². The summed E-state index contributed by atoms with van der Waals surface area (Å²) in [4.78, 5) is 12.3. The molecular weight excluding hydrogens is 403 g/mol. The van der Waals surface area contributed by atoms with Crippen LogP contribution in [0.4, 0.5) is 0 Å². The largest absolute Gasteiger partial charge is 0.496 e. The molecule has 1 heterocycles. The molecule has 2 rings (SSSR count). The fraction of sp³-hybridized carbons (Fsp3) is 0.667. The second kappa shape index (κ2) is 8.26. The van der Waals surface area contributed by atoms with Gasteiger partial charge in [-0.15, -0.1) is 0 Å². The molecule has 168 valence electrons. The minimum atomic E-state index is -3.88. The van der Waals surface area contributed by atoms with Crippen molar-refractivity contribution >= 4 is 28.5 Å². The number of hydrogen-bond acceptors (Lipinski definition) is 5. The van der Waals surface area contributed by atoms with Crippen molar-refractivity contribution in [1.82, 2.24) is 10.0 Å². The highest BCUT2D eigenvalue weighted by atomic mass is 32.2. The SMILES string of the molecule is CC(C)NC(=O)Cc1ccc(B2OC(C)(C)C(C)(C)O2)c(S(=O)(=O)NC(C)(C)C)c1. The highest BCUT2D eigenvalue weighted by molar-refractivity contribution is 7.89. The van der Waals surface area contributed by atoms with Crippen LogP contribution in [0, 0.1) is 0 Å². The fourth-order valence-corrected chi connectivity index (χ4v) is 4.80. The van der Waals surface area contributed by atoms with Gasteiger partial charge in [0.1, 0.15) is 0 Å². The number of nitrogens with one attached hydrogen (secondary N) is 2. The molecule has 9 heteroatoms. The molecule has 1 aromatic rings. The lowest BCUT2D eigenvalue weighted by atomic mass is 9.78. The molecule has 0 saturated carbocycles. The number of hydrogen-bond donors (Lipinski definition) is 2. The van der Waals surface area contributed by atoms with Gasteiger partial charge in [0, 0.05) is 17.0 Å². The van der Waals surface area contributed by atoms with Gasteiger partial charge in [-0.1, -0.05) is 12.1 Å². The molecule has 2 N–H and O–H groups in total. The maximum atomic E-state index is 13.2. The highest BCUT2D eigenvalue weighted by Gasteiger charge is 2.52.